The molecular weight excluding hydrogens is 274 g/mol. The average Bonchev–Trinajstić information content (AvgIpc) is 3.08. The van der Waals surface area contributed by atoms with Crippen molar-refractivity contribution in [1.29, 1.82) is 0 Å². The Labute approximate surface area is 130 Å². The molecule has 1 unspecified atom stereocenters. The van der Waals surface area contributed by atoms with Crippen LogP contribution in [0.4, 0.5) is 0 Å². The maximum Gasteiger partial charge on any atom is 0.0738 e. The van der Waals surface area contributed by atoms with Gasteiger partial charge in [0.15, 0.2) is 0 Å². The number of hydrogen-bond donors (Lipinski definition) is 1. The fourth-order valence-electron chi connectivity index (χ4n) is 2.93. The van der Waals surface area contributed by atoms with Crippen LogP contribution in [0, 0.1) is 0 Å². The van der Waals surface area contributed by atoms with E-state index in [-0.39, 0.29) is 0 Å². The third kappa shape index (κ3) is 2.90. The van der Waals surface area contributed by atoms with E-state index in [2.05, 4.69) is 64.6 Å². The van der Waals surface area contributed by atoms with Crippen LogP contribution in [0.1, 0.15) is 24.6 Å². The Morgan fingerprint density at radius 3 is 2.77 bits per heavy atom. The Balaban J connectivity index is 1.73. The van der Waals surface area contributed by atoms with Crippen LogP contribution in [-0.4, -0.2) is 25.6 Å². The van der Waals surface area contributed by atoms with Crippen molar-refractivity contribution in [3.8, 4) is 0 Å². The van der Waals surface area contributed by atoms with E-state index in [1.54, 1.807) is 0 Å². The maximum atomic E-state index is 3.97. The zero-order valence-electron chi connectivity index (χ0n) is 13.5. The van der Waals surface area contributed by atoms with Crippen molar-refractivity contribution >= 4 is 10.9 Å². The van der Waals surface area contributed by atoms with Crippen molar-refractivity contribution in [1.82, 2.24) is 24.9 Å². The third-order valence-corrected chi connectivity index (χ3v) is 4.32. The van der Waals surface area contributed by atoms with Gasteiger partial charge >= 0.3 is 0 Å². The van der Waals surface area contributed by atoms with E-state index < -0.39 is 0 Å². The Bertz CT molecular complexity index is 755. The van der Waals surface area contributed by atoms with E-state index in [0.29, 0.717) is 6.04 Å². The molecule has 0 spiro atoms. The molecule has 2 heterocycles. The summed E-state index contributed by atoms with van der Waals surface area (Å²) in [6.45, 7) is 3.02. The lowest BCUT2D eigenvalue weighted by atomic mass is 10.0. The van der Waals surface area contributed by atoms with Gasteiger partial charge in [-0.3, -0.25) is 4.68 Å². The molecule has 1 N–H and O–H groups in total. The first-order valence-electron chi connectivity index (χ1n) is 7.79. The molecule has 3 aromatic rings. The highest BCUT2D eigenvalue weighted by atomic mass is 15.4. The number of aryl methyl sites for hydroxylation is 2. The van der Waals surface area contributed by atoms with E-state index in [0.717, 1.165) is 25.1 Å². The quantitative estimate of drug-likeness (QED) is 0.760. The topological polar surface area (TPSA) is 47.7 Å². The van der Waals surface area contributed by atoms with Crippen LogP contribution in [0.3, 0.4) is 0 Å². The van der Waals surface area contributed by atoms with Crippen molar-refractivity contribution in [2.24, 2.45) is 14.1 Å². The summed E-state index contributed by atoms with van der Waals surface area (Å²) in [5, 5.41) is 12.9. The summed E-state index contributed by atoms with van der Waals surface area (Å²) in [4.78, 5) is 0. The van der Waals surface area contributed by atoms with E-state index in [1.165, 1.54) is 16.5 Å². The first kappa shape index (κ1) is 14.8. The molecule has 0 bridgehead atoms. The number of rotatable bonds is 6. The van der Waals surface area contributed by atoms with Gasteiger partial charge in [-0.15, -0.1) is 5.10 Å². The molecule has 2 aromatic heterocycles. The van der Waals surface area contributed by atoms with Crippen molar-refractivity contribution in [2.75, 3.05) is 0 Å². The zero-order chi connectivity index (χ0) is 15.5. The Kier molecular flexibility index (Phi) is 4.24. The number of nitrogens with zero attached hydrogens (tertiary/aromatic N) is 4. The van der Waals surface area contributed by atoms with E-state index in [1.807, 2.05) is 17.9 Å². The van der Waals surface area contributed by atoms with Crippen LogP contribution in [0.5, 0.6) is 0 Å². The minimum Gasteiger partial charge on any atom is -0.350 e. The van der Waals surface area contributed by atoms with Gasteiger partial charge in [0.2, 0.25) is 0 Å². The van der Waals surface area contributed by atoms with Crippen molar-refractivity contribution in [2.45, 2.75) is 32.4 Å². The highest BCUT2D eigenvalue weighted by Gasteiger charge is 2.12. The largest absolute Gasteiger partial charge is 0.350 e. The van der Waals surface area contributed by atoms with E-state index in [9.17, 15) is 0 Å². The van der Waals surface area contributed by atoms with Gasteiger partial charge in [0.25, 0.3) is 0 Å². The molecule has 0 fully saturated rings. The molecule has 5 nitrogen and oxygen atoms in total. The van der Waals surface area contributed by atoms with E-state index >= 15 is 0 Å². The average molecular weight is 297 g/mol. The first-order chi connectivity index (χ1) is 10.7. The van der Waals surface area contributed by atoms with Crippen LogP contribution in [0.2, 0.25) is 0 Å². The molecule has 1 atom stereocenters. The predicted octanol–water partition coefficient (Wildman–Crippen LogP) is 2.42. The second kappa shape index (κ2) is 6.32. The monoisotopic (exact) mass is 297 g/mol. The minimum absolute atomic E-state index is 0.445. The minimum atomic E-state index is 0.445. The second-order valence-corrected chi connectivity index (χ2v) is 5.82. The van der Waals surface area contributed by atoms with E-state index in [4.69, 9.17) is 0 Å². The summed E-state index contributed by atoms with van der Waals surface area (Å²) >= 11 is 0. The standard InChI is InChI=1S/C17H23N5/c1-4-14(18-10-15-11-19-20-22(15)3)9-13-12-21(2)17-8-6-5-7-16(13)17/h5-8,11-12,14,18H,4,9-10H2,1-3H3. The molecule has 0 amide bonds. The number of hydrogen-bond acceptors (Lipinski definition) is 3. The molecule has 0 radical (unpaired) electrons. The van der Waals surface area contributed by atoms with Crippen molar-refractivity contribution in [3.05, 3.63) is 47.9 Å². The van der Waals surface area contributed by atoms with Crippen LogP contribution >= 0.6 is 0 Å². The SMILES string of the molecule is CCC(Cc1cn(C)c2ccccc12)NCc1cnnn1C. The van der Waals surface area contributed by atoms with Crippen LogP contribution in [0.15, 0.2) is 36.7 Å². The Hall–Kier alpha value is -2.14. The van der Waals surface area contributed by atoms with Gasteiger partial charge in [0.05, 0.1) is 11.9 Å². The van der Waals surface area contributed by atoms with Gasteiger partial charge in [-0.2, -0.15) is 0 Å². The van der Waals surface area contributed by atoms with Gasteiger partial charge in [-0.1, -0.05) is 30.3 Å². The first-order valence-corrected chi connectivity index (χ1v) is 7.79. The summed E-state index contributed by atoms with van der Waals surface area (Å²) < 4.78 is 4.03. The maximum absolute atomic E-state index is 3.97. The number of fused-ring (bicyclic) bond motifs is 1. The fourth-order valence-corrected chi connectivity index (χ4v) is 2.93. The second-order valence-electron chi connectivity index (χ2n) is 5.82. The summed E-state index contributed by atoms with van der Waals surface area (Å²) in [5.41, 5.74) is 3.81. The molecule has 0 aliphatic carbocycles. The van der Waals surface area contributed by atoms with Crippen molar-refractivity contribution in [3.63, 3.8) is 0 Å². The summed E-state index contributed by atoms with van der Waals surface area (Å²) in [6, 6.07) is 9.04. The summed E-state index contributed by atoms with van der Waals surface area (Å²) in [6.07, 6.45) is 6.19. The smallest absolute Gasteiger partial charge is 0.0738 e. The van der Waals surface area contributed by atoms with Crippen LogP contribution in [-0.2, 0) is 27.1 Å². The molecule has 22 heavy (non-hydrogen) atoms. The lowest BCUT2D eigenvalue weighted by Crippen LogP contribution is -2.30. The molecule has 5 heteroatoms. The fraction of sp³-hybridized carbons (Fsp3) is 0.412. The molecule has 3 rings (SSSR count). The third-order valence-electron chi connectivity index (χ3n) is 4.32. The number of benzene rings is 1. The number of aromatic nitrogens is 4. The zero-order valence-corrected chi connectivity index (χ0v) is 13.5. The number of nitrogens with one attached hydrogen (secondary N) is 1. The van der Waals surface area contributed by atoms with Crippen LogP contribution in [0.25, 0.3) is 10.9 Å². The lowest BCUT2D eigenvalue weighted by Gasteiger charge is -2.16. The summed E-state index contributed by atoms with van der Waals surface area (Å²) in [5.74, 6) is 0. The van der Waals surface area contributed by atoms with Gasteiger partial charge < -0.3 is 9.88 Å². The normalized spacial score (nSPS) is 12.9. The van der Waals surface area contributed by atoms with Crippen molar-refractivity contribution < 1.29 is 0 Å². The molecule has 1 aromatic carbocycles. The Morgan fingerprint density at radius 1 is 1.23 bits per heavy atom. The molecule has 116 valence electrons. The molecule has 0 aliphatic rings. The van der Waals surface area contributed by atoms with Gasteiger partial charge in [0, 0.05) is 43.8 Å². The highest BCUT2D eigenvalue weighted by molar-refractivity contribution is 5.83. The molecule has 0 aliphatic heterocycles. The Morgan fingerprint density at radius 2 is 2.05 bits per heavy atom. The lowest BCUT2D eigenvalue weighted by molar-refractivity contribution is 0.482. The number of para-hydroxylation sites is 1. The van der Waals surface area contributed by atoms with Gasteiger partial charge in [-0.05, 0) is 24.5 Å². The van der Waals surface area contributed by atoms with Gasteiger partial charge in [-0.25, -0.2) is 0 Å². The highest BCUT2D eigenvalue weighted by Crippen LogP contribution is 2.22. The van der Waals surface area contributed by atoms with Gasteiger partial charge in [0.1, 0.15) is 0 Å². The van der Waals surface area contributed by atoms with Crippen LogP contribution < -0.4 is 5.32 Å². The predicted molar refractivity (Wildman–Crippen MR) is 88.5 cm³/mol. The molecular formula is C17H23N5. The summed E-state index contributed by atoms with van der Waals surface area (Å²) in [7, 11) is 4.04. The molecule has 0 saturated carbocycles. The molecule has 0 saturated heterocycles.